The maximum absolute atomic E-state index is 9.70. The predicted molar refractivity (Wildman–Crippen MR) is 109 cm³/mol. The molecule has 9 nitrogen and oxygen atoms in total. The molecule has 1 fully saturated rings. The molecule has 6 N–H and O–H groups in total. The van der Waals surface area contributed by atoms with E-state index in [9.17, 15) is 5.11 Å². The van der Waals surface area contributed by atoms with Crippen LogP contribution in [0.25, 0.3) is 16.6 Å². The highest BCUT2D eigenvalue weighted by atomic mass is 16.3. The number of pyridine rings is 1. The number of nitrogens with one attached hydrogen (secondary N) is 3. The van der Waals surface area contributed by atoms with Crippen LogP contribution in [0.3, 0.4) is 0 Å². The molecule has 28 heavy (non-hydrogen) atoms. The highest BCUT2D eigenvalue weighted by Crippen LogP contribution is 2.25. The molecule has 1 aliphatic carbocycles. The van der Waals surface area contributed by atoms with Gasteiger partial charge in [0.1, 0.15) is 5.82 Å². The molecule has 5 rings (SSSR count). The molecule has 1 aliphatic rings. The number of hydrogen-bond acceptors (Lipinski definition) is 7. The Morgan fingerprint density at radius 2 is 2.00 bits per heavy atom. The Labute approximate surface area is 161 Å². The Hall–Kier alpha value is -3.33. The number of fused-ring (bicyclic) bond motifs is 2. The van der Waals surface area contributed by atoms with Gasteiger partial charge in [-0.2, -0.15) is 14.6 Å². The molecule has 0 amide bonds. The van der Waals surface area contributed by atoms with Gasteiger partial charge >= 0.3 is 0 Å². The van der Waals surface area contributed by atoms with Crippen molar-refractivity contribution in [3.8, 4) is 0 Å². The maximum atomic E-state index is 9.70. The number of aromatic amines is 1. The van der Waals surface area contributed by atoms with Gasteiger partial charge in [-0.25, -0.2) is 0 Å². The minimum absolute atomic E-state index is 0.168. The smallest absolute Gasteiger partial charge is 0.247 e. The number of nitrogen functional groups attached to an aromatic ring is 1. The molecule has 1 aromatic carbocycles. The highest BCUT2D eigenvalue weighted by Gasteiger charge is 2.20. The fourth-order valence-corrected chi connectivity index (χ4v) is 3.74. The first kappa shape index (κ1) is 16.8. The molecule has 1 saturated carbocycles. The number of aromatic nitrogens is 5. The molecule has 0 radical (unpaired) electrons. The first-order valence-electron chi connectivity index (χ1n) is 9.47. The Morgan fingerprint density at radius 3 is 2.86 bits per heavy atom. The average molecular weight is 378 g/mol. The molecule has 0 bridgehead atoms. The van der Waals surface area contributed by atoms with Crippen molar-refractivity contribution in [2.45, 2.75) is 37.8 Å². The number of aliphatic hydroxyl groups is 1. The van der Waals surface area contributed by atoms with E-state index in [1.165, 1.54) is 0 Å². The molecule has 0 saturated heterocycles. The van der Waals surface area contributed by atoms with Crippen molar-refractivity contribution in [3.05, 3.63) is 36.4 Å². The molecule has 3 aromatic heterocycles. The number of nitrogens with zero attached hydrogens (tertiary/aromatic N) is 4. The summed E-state index contributed by atoms with van der Waals surface area (Å²) in [5.74, 6) is 1.90. The summed E-state index contributed by atoms with van der Waals surface area (Å²) in [7, 11) is 0. The van der Waals surface area contributed by atoms with E-state index >= 15 is 0 Å². The van der Waals surface area contributed by atoms with E-state index in [1.54, 1.807) is 4.52 Å². The van der Waals surface area contributed by atoms with Crippen molar-refractivity contribution in [2.75, 3.05) is 16.4 Å². The van der Waals surface area contributed by atoms with Gasteiger partial charge in [0, 0.05) is 17.1 Å². The minimum atomic E-state index is -0.168. The molecule has 0 unspecified atom stereocenters. The van der Waals surface area contributed by atoms with E-state index in [0.29, 0.717) is 17.8 Å². The lowest BCUT2D eigenvalue weighted by atomic mass is 9.93. The van der Waals surface area contributed by atoms with Crippen molar-refractivity contribution in [3.63, 3.8) is 0 Å². The molecule has 4 aromatic rings. The Bertz CT molecular complexity index is 1130. The average Bonchev–Trinajstić information content (AvgIpc) is 3.27. The second kappa shape index (κ2) is 6.68. The summed E-state index contributed by atoms with van der Waals surface area (Å²) in [5.41, 5.74) is 8.28. The molecular weight excluding hydrogens is 356 g/mol. The van der Waals surface area contributed by atoms with Gasteiger partial charge in [0.15, 0.2) is 11.5 Å². The zero-order valence-electron chi connectivity index (χ0n) is 15.3. The molecule has 3 heterocycles. The van der Waals surface area contributed by atoms with Crippen LogP contribution in [0.1, 0.15) is 25.7 Å². The van der Waals surface area contributed by atoms with Crippen molar-refractivity contribution in [1.82, 2.24) is 24.8 Å². The fourth-order valence-electron chi connectivity index (χ4n) is 3.74. The van der Waals surface area contributed by atoms with E-state index in [4.69, 9.17) is 5.73 Å². The molecule has 0 aliphatic heterocycles. The van der Waals surface area contributed by atoms with Gasteiger partial charge in [0.05, 0.1) is 11.6 Å². The number of aliphatic hydroxyl groups excluding tert-OH is 1. The molecule has 0 atom stereocenters. The summed E-state index contributed by atoms with van der Waals surface area (Å²) in [5, 5.41) is 28.9. The van der Waals surface area contributed by atoms with Gasteiger partial charge in [-0.3, -0.25) is 5.10 Å². The van der Waals surface area contributed by atoms with Crippen LogP contribution in [-0.2, 0) is 0 Å². The highest BCUT2D eigenvalue weighted by molar-refractivity contribution is 5.91. The van der Waals surface area contributed by atoms with Crippen molar-refractivity contribution >= 4 is 39.8 Å². The van der Waals surface area contributed by atoms with Crippen molar-refractivity contribution in [2.24, 2.45) is 0 Å². The topological polar surface area (TPSA) is 129 Å². The maximum Gasteiger partial charge on any atom is 0.247 e. The Balaban J connectivity index is 1.39. The number of H-pyrrole nitrogens is 1. The summed E-state index contributed by atoms with van der Waals surface area (Å²) < 4.78 is 1.81. The number of hydrogen-bond donors (Lipinski definition) is 5. The van der Waals surface area contributed by atoms with Gasteiger partial charge in [-0.1, -0.05) is 6.07 Å². The number of benzene rings is 1. The predicted octanol–water partition coefficient (Wildman–Crippen LogP) is 2.65. The first-order chi connectivity index (χ1) is 13.7. The number of anilines is 4. The summed E-state index contributed by atoms with van der Waals surface area (Å²) in [6.45, 7) is 0. The Kier molecular flexibility index (Phi) is 4.01. The van der Waals surface area contributed by atoms with Gasteiger partial charge in [-0.05, 0) is 56.0 Å². The number of rotatable bonds is 4. The SMILES string of the molecule is Nc1n[nH]c2cc(Nc3nc4cccc(NC5CCC(O)CC5)n4n3)ccc12. The van der Waals surface area contributed by atoms with E-state index in [2.05, 4.69) is 30.9 Å². The second-order valence-electron chi connectivity index (χ2n) is 7.26. The van der Waals surface area contributed by atoms with Crippen LogP contribution >= 0.6 is 0 Å². The largest absolute Gasteiger partial charge is 0.393 e. The lowest BCUT2D eigenvalue weighted by molar-refractivity contribution is 0.126. The lowest BCUT2D eigenvalue weighted by Crippen LogP contribution is -2.29. The standard InChI is InChI=1S/C19H22N8O/c20-18-14-9-6-12(10-15(14)24-25-18)22-19-23-17-3-1-2-16(27(17)26-19)21-11-4-7-13(28)8-5-11/h1-3,6,9-11,13,21,28H,4-5,7-8H2,(H,22,26)(H3,20,24,25). The van der Waals surface area contributed by atoms with E-state index in [0.717, 1.165) is 53.7 Å². The van der Waals surface area contributed by atoms with Crippen LogP contribution in [0, 0.1) is 0 Å². The first-order valence-corrected chi connectivity index (χ1v) is 9.47. The minimum Gasteiger partial charge on any atom is -0.393 e. The van der Waals surface area contributed by atoms with Crippen molar-refractivity contribution < 1.29 is 5.11 Å². The summed E-state index contributed by atoms with van der Waals surface area (Å²) in [4.78, 5) is 4.57. The summed E-state index contributed by atoms with van der Waals surface area (Å²) >= 11 is 0. The van der Waals surface area contributed by atoms with Gasteiger partial charge in [0.2, 0.25) is 5.95 Å². The summed E-state index contributed by atoms with van der Waals surface area (Å²) in [6, 6.07) is 12.0. The van der Waals surface area contributed by atoms with Gasteiger partial charge < -0.3 is 21.5 Å². The number of nitrogens with two attached hydrogens (primary N) is 1. The zero-order valence-corrected chi connectivity index (χ0v) is 15.3. The van der Waals surface area contributed by atoms with E-state index in [-0.39, 0.29) is 6.10 Å². The van der Waals surface area contributed by atoms with Gasteiger partial charge in [0.25, 0.3) is 0 Å². The molecule has 0 spiro atoms. The van der Waals surface area contributed by atoms with E-state index in [1.807, 2.05) is 36.4 Å². The molecule has 9 heteroatoms. The van der Waals surface area contributed by atoms with Crippen LogP contribution in [-0.4, -0.2) is 42.0 Å². The van der Waals surface area contributed by atoms with Crippen LogP contribution in [0.4, 0.5) is 23.3 Å². The van der Waals surface area contributed by atoms with Crippen LogP contribution < -0.4 is 16.4 Å². The lowest BCUT2D eigenvalue weighted by Gasteiger charge is -2.26. The molecular formula is C19H22N8O. The second-order valence-corrected chi connectivity index (χ2v) is 7.26. The monoisotopic (exact) mass is 378 g/mol. The van der Waals surface area contributed by atoms with Crippen LogP contribution in [0.2, 0.25) is 0 Å². The third-order valence-electron chi connectivity index (χ3n) is 5.26. The fraction of sp³-hybridized carbons (Fsp3) is 0.316. The quantitative estimate of drug-likeness (QED) is 0.369. The summed E-state index contributed by atoms with van der Waals surface area (Å²) in [6.07, 6.45) is 3.39. The normalized spacial score (nSPS) is 19.9. The third kappa shape index (κ3) is 3.09. The van der Waals surface area contributed by atoms with Gasteiger partial charge in [-0.15, -0.1) is 5.10 Å². The van der Waals surface area contributed by atoms with Crippen molar-refractivity contribution in [1.29, 1.82) is 0 Å². The molecule has 144 valence electrons. The van der Waals surface area contributed by atoms with E-state index < -0.39 is 0 Å². The Morgan fingerprint density at radius 1 is 1.14 bits per heavy atom. The van der Waals surface area contributed by atoms with Crippen LogP contribution in [0.15, 0.2) is 36.4 Å². The zero-order chi connectivity index (χ0) is 19.1. The van der Waals surface area contributed by atoms with Crippen LogP contribution in [0.5, 0.6) is 0 Å². The third-order valence-corrected chi connectivity index (χ3v) is 5.26.